The van der Waals surface area contributed by atoms with E-state index >= 15 is 0 Å². The van der Waals surface area contributed by atoms with Crippen LogP contribution in [-0.4, -0.2) is 29.9 Å². The van der Waals surface area contributed by atoms with Gasteiger partial charge in [-0.2, -0.15) is 0 Å². The van der Waals surface area contributed by atoms with Crippen LogP contribution in [-0.2, 0) is 11.3 Å². The molecule has 120 valence electrons. The Kier molecular flexibility index (Phi) is 5.14. The predicted octanol–water partition coefficient (Wildman–Crippen LogP) is 3.27. The Hall–Kier alpha value is -1.35. The summed E-state index contributed by atoms with van der Waals surface area (Å²) >= 11 is 0. The lowest BCUT2D eigenvalue weighted by Gasteiger charge is -2.30. The number of amides is 1. The van der Waals surface area contributed by atoms with Crippen molar-refractivity contribution in [3.63, 3.8) is 0 Å². The van der Waals surface area contributed by atoms with Crippen LogP contribution in [0.15, 0.2) is 24.3 Å². The van der Waals surface area contributed by atoms with Crippen LogP contribution in [0.1, 0.15) is 49.7 Å². The van der Waals surface area contributed by atoms with Gasteiger partial charge in [0.2, 0.25) is 5.91 Å². The lowest BCUT2D eigenvalue weighted by Crippen LogP contribution is -2.39. The lowest BCUT2D eigenvalue weighted by atomic mass is 10.0. The first-order valence-corrected chi connectivity index (χ1v) is 8.78. The summed E-state index contributed by atoms with van der Waals surface area (Å²) in [5, 5.41) is 3.37. The second kappa shape index (κ2) is 7.28. The number of carbonyl (C=O) groups is 1. The van der Waals surface area contributed by atoms with E-state index < -0.39 is 0 Å². The Labute approximate surface area is 134 Å². The van der Waals surface area contributed by atoms with Crippen LogP contribution >= 0.6 is 0 Å². The minimum absolute atomic E-state index is 0.365. The highest BCUT2D eigenvalue weighted by Gasteiger charge is 2.29. The van der Waals surface area contributed by atoms with E-state index in [1.165, 1.54) is 36.8 Å². The molecule has 1 atom stereocenters. The molecule has 22 heavy (non-hydrogen) atoms. The molecular weight excluding hydrogens is 272 g/mol. The van der Waals surface area contributed by atoms with E-state index in [2.05, 4.69) is 41.4 Å². The molecule has 2 fully saturated rings. The molecule has 3 heteroatoms. The van der Waals surface area contributed by atoms with Gasteiger partial charge in [-0.25, -0.2) is 0 Å². The summed E-state index contributed by atoms with van der Waals surface area (Å²) in [6.07, 6.45) is 6.77. The zero-order valence-corrected chi connectivity index (χ0v) is 13.7. The standard InChI is InChI=1S/C19H28N2O/c1-15-6-2-3-7-17(15)14-21(18-8-4-5-9-18)19(22)12-16-10-11-20-13-16/h2-3,6-7,16,18,20H,4-5,8-14H2,1H3/t16-/m0/s1. The molecular formula is C19H28N2O. The second-order valence-corrected chi connectivity index (χ2v) is 6.95. The fourth-order valence-corrected chi connectivity index (χ4v) is 3.86. The number of benzene rings is 1. The van der Waals surface area contributed by atoms with Crippen molar-refractivity contribution in [2.45, 2.75) is 58.0 Å². The maximum absolute atomic E-state index is 12.9. The molecule has 0 bridgehead atoms. The van der Waals surface area contributed by atoms with Gasteiger partial charge in [0.1, 0.15) is 0 Å². The Morgan fingerprint density at radius 3 is 2.68 bits per heavy atom. The smallest absolute Gasteiger partial charge is 0.223 e. The topological polar surface area (TPSA) is 32.3 Å². The van der Waals surface area contributed by atoms with Crippen LogP contribution < -0.4 is 5.32 Å². The Balaban J connectivity index is 1.71. The first kappa shape index (κ1) is 15.5. The number of nitrogens with zero attached hydrogens (tertiary/aromatic N) is 1. The predicted molar refractivity (Wildman–Crippen MR) is 89.6 cm³/mol. The third-order valence-corrected chi connectivity index (χ3v) is 5.31. The molecule has 0 radical (unpaired) electrons. The average molecular weight is 300 g/mol. The summed E-state index contributed by atoms with van der Waals surface area (Å²) in [5.41, 5.74) is 2.59. The second-order valence-electron chi connectivity index (χ2n) is 6.95. The normalized spacial score (nSPS) is 22.1. The van der Waals surface area contributed by atoms with Gasteiger partial charge in [0.05, 0.1) is 0 Å². The van der Waals surface area contributed by atoms with E-state index in [9.17, 15) is 4.79 Å². The summed E-state index contributed by atoms with van der Waals surface area (Å²) in [5.74, 6) is 0.900. The van der Waals surface area contributed by atoms with Gasteiger partial charge in [0.25, 0.3) is 0 Å². The van der Waals surface area contributed by atoms with Crippen LogP contribution in [0.5, 0.6) is 0 Å². The van der Waals surface area contributed by atoms with E-state index in [1.54, 1.807) is 0 Å². The van der Waals surface area contributed by atoms with Gasteiger partial charge in [-0.05, 0) is 56.3 Å². The third kappa shape index (κ3) is 3.70. The van der Waals surface area contributed by atoms with E-state index in [0.717, 1.165) is 32.5 Å². The average Bonchev–Trinajstić information content (AvgIpc) is 3.19. The molecule has 1 saturated carbocycles. The molecule has 1 amide bonds. The highest BCUT2D eigenvalue weighted by atomic mass is 16.2. The van der Waals surface area contributed by atoms with E-state index in [0.29, 0.717) is 17.9 Å². The van der Waals surface area contributed by atoms with E-state index in [1.807, 2.05) is 0 Å². The molecule has 1 aliphatic carbocycles. The van der Waals surface area contributed by atoms with Gasteiger partial charge >= 0.3 is 0 Å². The van der Waals surface area contributed by atoms with Crippen molar-refractivity contribution in [2.75, 3.05) is 13.1 Å². The Bertz CT molecular complexity index is 502. The molecule has 1 heterocycles. The van der Waals surface area contributed by atoms with Crippen LogP contribution in [0.3, 0.4) is 0 Å². The van der Waals surface area contributed by atoms with E-state index in [-0.39, 0.29) is 0 Å². The highest BCUT2D eigenvalue weighted by Crippen LogP contribution is 2.27. The maximum Gasteiger partial charge on any atom is 0.223 e. The van der Waals surface area contributed by atoms with E-state index in [4.69, 9.17) is 0 Å². The number of carbonyl (C=O) groups excluding carboxylic acids is 1. The van der Waals surface area contributed by atoms with Crippen molar-refractivity contribution >= 4 is 5.91 Å². The number of hydrogen-bond donors (Lipinski definition) is 1. The molecule has 3 rings (SSSR count). The number of nitrogens with one attached hydrogen (secondary N) is 1. The van der Waals surface area contributed by atoms with Gasteiger partial charge in [0.15, 0.2) is 0 Å². The van der Waals surface area contributed by atoms with Crippen molar-refractivity contribution in [1.29, 1.82) is 0 Å². The molecule has 1 aliphatic heterocycles. The highest BCUT2D eigenvalue weighted by molar-refractivity contribution is 5.77. The lowest BCUT2D eigenvalue weighted by molar-refractivity contribution is -0.135. The van der Waals surface area contributed by atoms with Crippen molar-refractivity contribution in [3.05, 3.63) is 35.4 Å². The maximum atomic E-state index is 12.9. The van der Waals surface area contributed by atoms with Gasteiger partial charge in [-0.3, -0.25) is 4.79 Å². The Morgan fingerprint density at radius 2 is 2.00 bits per heavy atom. The summed E-state index contributed by atoms with van der Waals surface area (Å²) in [6, 6.07) is 8.93. The van der Waals surface area contributed by atoms with Crippen LogP contribution in [0.25, 0.3) is 0 Å². The van der Waals surface area contributed by atoms with Gasteiger partial charge in [-0.1, -0.05) is 37.1 Å². The summed E-state index contributed by atoms with van der Waals surface area (Å²) in [4.78, 5) is 15.1. The molecule has 0 unspecified atom stereocenters. The fourth-order valence-electron chi connectivity index (χ4n) is 3.86. The quantitative estimate of drug-likeness (QED) is 0.905. The van der Waals surface area contributed by atoms with Crippen molar-refractivity contribution in [1.82, 2.24) is 10.2 Å². The zero-order valence-electron chi connectivity index (χ0n) is 13.7. The van der Waals surface area contributed by atoms with Crippen molar-refractivity contribution in [3.8, 4) is 0 Å². The van der Waals surface area contributed by atoms with Gasteiger partial charge < -0.3 is 10.2 Å². The van der Waals surface area contributed by atoms with Crippen LogP contribution in [0, 0.1) is 12.8 Å². The molecule has 3 nitrogen and oxygen atoms in total. The monoisotopic (exact) mass is 300 g/mol. The molecule has 1 N–H and O–H groups in total. The van der Waals surface area contributed by atoms with Crippen LogP contribution in [0.2, 0.25) is 0 Å². The molecule has 1 saturated heterocycles. The first-order valence-electron chi connectivity index (χ1n) is 8.78. The minimum atomic E-state index is 0.365. The fraction of sp³-hybridized carbons (Fsp3) is 0.632. The number of aryl methyl sites for hydroxylation is 1. The largest absolute Gasteiger partial charge is 0.335 e. The molecule has 0 aromatic heterocycles. The summed E-state index contributed by atoms with van der Waals surface area (Å²) < 4.78 is 0. The SMILES string of the molecule is Cc1ccccc1CN(C(=O)C[C@@H]1CCNC1)C1CCCC1. The Morgan fingerprint density at radius 1 is 1.23 bits per heavy atom. The van der Waals surface area contributed by atoms with Crippen molar-refractivity contribution < 1.29 is 4.79 Å². The number of rotatable bonds is 5. The molecule has 0 spiro atoms. The first-order chi connectivity index (χ1) is 10.7. The third-order valence-electron chi connectivity index (χ3n) is 5.31. The molecule has 1 aromatic carbocycles. The van der Waals surface area contributed by atoms with Crippen molar-refractivity contribution in [2.24, 2.45) is 5.92 Å². The minimum Gasteiger partial charge on any atom is -0.335 e. The summed E-state index contributed by atoms with van der Waals surface area (Å²) in [6.45, 7) is 5.01. The van der Waals surface area contributed by atoms with Crippen LogP contribution in [0.4, 0.5) is 0 Å². The molecule has 1 aromatic rings. The zero-order chi connectivity index (χ0) is 15.4. The number of hydrogen-bond acceptors (Lipinski definition) is 2. The summed E-state index contributed by atoms with van der Waals surface area (Å²) in [7, 11) is 0. The van der Waals surface area contributed by atoms with Gasteiger partial charge in [-0.15, -0.1) is 0 Å². The van der Waals surface area contributed by atoms with Gasteiger partial charge in [0, 0.05) is 19.0 Å². The molecule has 2 aliphatic rings.